The molecule has 1 unspecified atom stereocenters. The Bertz CT molecular complexity index is 231. The molecule has 0 aliphatic carbocycles. The monoisotopic (exact) mass is 215 g/mol. The standard InChI is InChI=1S/C10H21N3O2/c1-8-6-12-4-5-13(8)9(14)15-10(2,3)7-11/h8,12H,4-7,11H2,1-3H3. The van der Waals surface area contributed by atoms with Gasteiger partial charge < -0.3 is 20.7 Å². The minimum absolute atomic E-state index is 0.180. The molecule has 0 radical (unpaired) electrons. The number of rotatable bonds is 2. The number of hydrogen-bond donors (Lipinski definition) is 2. The normalized spacial score (nSPS) is 22.7. The molecule has 0 spiro atoms. The van der Waals surface area contributed by atoms with E-state index in [9.17, 15) is 4.79 Å². The summed E-state index contributed by atoms with van der Waals surface area (Å²) in [7, 11) is 0. The predicted octanol–water partition coefficient (Wildman–Crippen LogP) is 0.154. The zero-order valence-electron chi connectivity index (χ0n) is 9.75. The van der Waals surface area contributed by atoms with Crippen LogP contribution in [0.25, 0.3) is 0 Å². The summed E-state index contributed by atoms with van der Waals surface area (Å²) in [6, 6.07) is 0.180. The molecule has 1 fully saturated rings. The Morgan fingerprint density at radius 3 is 2.87 bits per heavy atom. The van der Waals surface area contributed by atoms with Crippen molar-refractivity contribution in [3.63, 3.8) is 0 Å². The molecule has 3 N–H and O–H groups in total. The fraction of sp³-hybridized carbons (Fsp3) is 0.900. The minimum atomic E-state index is -0.582. The molecule has 5 heteroatoms. The number of ether oxygens (including phenoxy) is 1. The van der Waals surface area contributed by atoms with Crippen LogP contribution in [0.5, 0.6) is 0 Å². The predicted molar refractivity (Wildman–Crippen MR) is 58.7 cm³/mol. The van der Waals surface area contributed by atoms with Gasteiger partial charge in [0.1, 0.15) is 5.60 Å². The van der Waals surface area contributed by atoms with Gasteiger partial charge in [0.15, 0.2) is 0 Å². The topological polar surface area (TPSA) is 67.6 Å². The molecule has 1 aliphatic rings. The fourth-order valence-corrected chi connectivity index (χ4v) is 1.45. The highest BCUT2D eigenvalue weighted by Crippen LogP contribution is 2.12. The molecule has 0 aromatic heterocycles. The number of amides is 1. The Morgan fingerprint density at radius 2 is 2.33 bits per heavy atom. The van der Waals surface area contributed by atoms with Crippen molar-refractivity contribution in [2.45, 2.75) is 32.4 Å². The molecule has 0 bridgehead atoms. The Labute approximate surface area is 90.9 Å². The van der Waals surface area contributed by atoms with Crippen molar-refractivity contribution in [2.24, 2.45) is 5.73 Å². The molecule has 0 aromatic rings. The van der Waals surface area contributed by atoms with E-state index < -0.39 is 5.60 Å². The van der Waals surface area contributed by atoms with Crippen LogP contribution in [0, 0.1) is 0 Å². The zero-order chi connectivity index (χ0) is 11.5. The number of nitrogens with two attached hydrogens (primary N) is 1. The second-order valence-corrected chi connectivity index (χ2v) is 4.58. The average Bonchev–Trinajstić information content (AvgIpc) is 2.17. The lowest BCUT2D eigenvalue weighted by molar-refractivity contribution is 0.00877. The van der Waals surface area contributed by atoms with E-state index in [0.29, 0.717) is 13.1 Å². The molecule has 0 aromatic carbocycles. The minimum Gasteiger partial charge on any atom is -0.442 e. The van der Waals surface area contributed by atoms with Gasteiger partial charge in [-0.3, -0.25) is 0 Å². The van der Waals surface area contributed by atoms with Gasteiger partial charge in [-0.15, -0.1) is 0 Å². The lowest BCUT2D eigenvalue weighted by Gasteiger charge is -2.35. The van der Waals surface area contributed by atoms with Gasteiger partial charge in [0, 0.05) is 32.2 Å². The molecule has 1 rings (SSSR count). The fourth-order valence-electron chi connectivity index (χ4n) is 1.45. The van der Waals surface area contributed by atoms with Crippen LogP contribution in [0.2, 0.25) is 0 Å². The van der Waals surface area contributed by atoms with Gasteiger partial charge >= 0.3 is 6.09 Å². The molecular formula is C10H21N3O2. The Morgan fingerprint density at radius 1 is 1.67 bits per heavy atom. The van der Waals surface area contributed by atoms with Crippen molar-refractivity contribution >= 4 is 6.09 Å². The van der Waals surface area contributed by atoms with Gasteiger partial charge in [0.2, 0.25) is 0 Å². The molecule has 1 heterocycles. The van der Waals surface area contributed by atoms with E-state index in [1.165, 1.54) is 0 Å². The SMILES string of the molecule is CC1CNCCN1C(=O)OC(C)(C)CN. The molecule has 1 amide bonds. The second-order valence-electron chi connectivity index (χ2n) is 4.58. The third-order valence-electron chi connectivity index (χ3n) is 2.59. The first kappa shape index (κ1) is 12.3. The van der Waals surface area contributed by atoms with E-state index in [1.807, 2.05) is 20.8 Å². The lowest BCUT2D eigenvalue weighted by Crippen LogP contribution is -2.54. The van der Waals surface area contributed by atoms with E-state index in [1.54, 1.807) is 4.90 Å². The van der Waals surface area contributed by atoms with Crippen LogP contribution in [-0.4, -0.2) is 48.8 Å². The van der Waals surface area contributed by atoms with Crippen LogP contribution >= 0.6 is 0 Å². The van der Waals surface area contributed by atoms with Crippen LogP contribution in [-0.2, 0) is 4.74 Å². The van der Waals surface area contributed by atoms with Crippen molar-refractivity contribution in [1.82, 2.24) is 10.2 Å². The number of carbonyl (C=O) groups is 1. The third-order valence-corrected chi connectivity index (χ3v) is 2.59. The number of nitrogens with one attached hydrogen (secondary N) is 1. The summed E-state index contributed by atoms with van der Waals surface area (Å²) in [5, 5.41) is 3.22. The Hall–Kier alpha value is -0.810. The molecule has 88 valence electrons. The van der Waals surface area contributed by atoms with Gasteiger partial charge in [-0.25, -0.2) is 4.79 Å². The summed E-state index contributed by atoms with van der Waals surface area (Å²) in [5.74, 6) is 0. The summed E-state index contributed by atoms with van der Waals surface area (Å²) in [5.41, 5.74) is 4.93. The zero-order valence-corrected chi connectivity index (χ0v) is 9.75. The number of carbonyl (C=O) groups excluding carboxylic acids is 1. The highest BCUT2D eigenvalue weighted by atomic mass is 16.6. The maximum Gasteiger partial charge on any atom is 0.410 e. The quantitative estimate of drug-likeness (QED) is 0.688. The lowest BCUT2D eigenvalue weighted by atomic mass is 10.1. The third kappa shape index (κ3) is 3.35. The Balaban J connectivity index is 2.52. The number of hydrogen-bond acceptors (Lipinski definition) is 4. The van der Waals surface area contributed by atoms with Crippen molar-refractivity contribution in [3.8, 4) is 0 Å². The van der Waals surface area contributed by atoms with Crippen LogP contribution in [0.4, 0.5) is 4.79 Å². The van der Waals surface area contributed by atoms with Gasteiger partial charge in [0.05, 0.1) is 0 Å². The highest BCUT2D eigenvalue weighted by molar-refractivity contribution is 5.68. The van der Waals surface area contributed by atoms with Gasteiger partial charge in [0.25, 0.3) is 0 Å². The van der Waals surface area contributed by atoms with Crippen LogP contribution in [0.15, 0.2) is 0 Å². The van der Waals surface area contributed by atoms with E-state index >= 15 is 0 Å². The van der Waals surface area contributed by atoms with Crippen molar-refractivity contribution < 1.29 is 9.53 Å². The van der Waals surface area contributed by atoms with Crippen LogP contribution in [0.3, 0.4) is 0 Å². The molecule has 15 heavy (non-hydrogen) atoms. The van der Waals surface area contributed by atoms with Gasteiger partial charge in [-0.05, 0) is 20.8 Å². The van der Waals surface area contributed by atoms with Gasteiger partial charge in [-0.2, -0.15) is 0 Å². The largest absolute Gasteiger partial charge is 0.442 e. The number of nitrogens with zero attached hydrogens (tertiary/aromatic N) is 1. The molecule has 1 atom stereocenters. The first-order valence-electron chi connectivity index (χ1n) is 5.36. The molecule has 1 saturated heterocycles. The van der Waals surface area contributed by atoms with Crippen molar-refractivity contribution in [3.05, 3.63) is 0 Å². The van der Waals surface area contributed by atoms with E-state index in [2.05, 4.69) is 5.32 Å². The molecule has 1 aliphatic heterocycles. The van der Waals surface area contributed by atoms with Gasteiger partial charge in [-0.1, -0.05) is 0 Å². The van der Waals surface area contributed by atoms with Crippen molar-refractivity contribution in [2.75, 3.05) is 26.2 Å². The maximum atomic E-state index is 11.8. The highest BCUT2D eigenvalue weighted by Gasteiger charge is 2.29. The Kier molecular flexibility index (Phi) is 3.93. The molecular weight excluding hydrogens is 194 g/mol. The smallest absolute Gasteiger partial charge is 0.410 e. The van der Waals surface area contributed by atoms with Crippen molar-refractivity contribution in [1.29, 1.82) is 0 Å². The summed E-state index contributed by atoms with van der Waals surface area (Å²) in [6.07, 6.45) is -0.264. The van der Waals surface area contributed by atoms with Crippen LogP contribution < -0.4 is 11.1 Å². The first-order valence-corrected chi connectivity index (χ1v) is 5.36. The summed E-state index contributed by atoms with van der Waals surface area (Å²) < 4.78 is 5.33. The first-order chi connectivity index (χ1) is 6.96. The summed E-state index contributed by atoms with van der Waals surface area (Å²) in [6.45, 7) is 8.30. The van der Waals surface area contributed by atoms with Crippen LogP contribution in [0.1, 0.15) is 20.8 Å². The molecule has 0 saturated carbocycles. The van der Waals surface area contributed by atoms with E-state index in [4.69, 9.17) is 10.5 Å². The summed E-state index contributed by atoms with van der Waals surface area (Å²) in [4.78, 5) is 13.5. The summed E-state index contributed by atoms with van der Waals surface area (Å²) >= 11 is 0. The molecule has 5 nitrogen and oxygen atoms in total. The van der Waals surface area contributed by atoms with E-state index in [0.717, 1.165) is 13.1 Å². The second kappa shape index (κ2) is 4.81. The number of piperazine rings is 1. The average molecular weight is 215 g/mol. The van der Waals surface area contributed by atoms with E-state index in [-0.39, 0.29) is 12.1 Å². The maximum absolute atomic E-state index is 11.8.